The topological polar surface area (TPSA) is 99.6 Å². The Bertz CT molecular complexity index is 743. The fourth-order valence-electron chi connectivity index (χ4n) is 2.70. The van der Waals surface area contributed by atoms with E-state index in [1.54, 1.807) is 31.7 Å². The number of carbonyl (C=O) groups is 1. The SMILES string of the molecule is CC(C)C1Cc2nc(S(=O)(=O)[O-])ccc2CN1C(=O)OC(C)(C)C.[Na+]. The van der Waals surface area contributed by atoms with Gasteiger partial charge in [-0.3, -0.25) is 0 Å². The van der Waals surface area contributed by atoms with E-state index < -0.39 is 26.8 Å². The molecule has 1 aliphatic rings. The molecule has 7 nitrogen and oxygen atoms in total. The van der Waals surface area contributed by atoms with Gasteiger partial charge in [-0.05, 0) is 38.3 Å². The number of hydrogen-bond acceptors (Lipinski definition) is 6. The molecule has 0 N–H and O–H groups in total. The molecule has 2 rings (SSSR count). The van der Waals surface area contributed by atoms with E-state index in [4.69, 9.17) is 4.74 Å². The van der Waals surface area contributed by atoms with Crippen LogP contribution >= 0.6 is 0 Å². The molecule has 0 fully saturated rings. The first-order chi connectivity index (χ1) is 10.9. The van der Waals surface area contributed by atoms with Crippen molar-refractivity contribution in [2.45, 2.75) is 64.3 Å². The third-order valence-electron chi connectivity index (χ3n) is 3.84. The van der Waals surface area contributed by atoms with E-state index in [-0.39, 0.29) is 48.1 Å². The number of aromatic nitrogens is 1. The van der Waals surface area contributed by atoms with E-state index in [1.807, 2.05) is 13.8 Å². The zero-order valence-corrected chi connectivity index (χ0v) is 18.4. The zero-order chi connectivity index (χ0) is 18.3. The summed E-state index contributed by atoms with van der Waals surface area (Å²) < 4.78 is 39.0. The van der Waals surface area contributed by atoms with E-state index in [9.17, 15) is 17.8 Å². The van der Waals surface area contributed by atoms with Crippen LogP contribution in [0.3, 0.4) is 0 Å². The first-order valence-electron chi connectivity index (χ1n) is 7.83. The molecule has 0 aromatic carbocycles. The molecular weight excluding hydrogens is 355 g/mol. The average molecular weight is 378 g/mol. The molecule has 0 spiro atoms. The van der Waals surface area contributed by atoms with Crippen molar-refractivity contribution in [1.29, 1.82) is 0 Å². The van der Waals surface area contributed by atoms with Crippen LogP contribution in [0.4, 0.5) is 4.79 Å². The molecule has 0 aliphatic carbocycles. The molecule has 25 heavy (non-hydrogen) atoms. The number of amides is 1. The summed E-state index contributed by atoms with van der Waals surface area (Å²) in [5.41, 5.74) is 0.674. The predicted octanol–water partition coefficient (Wildman–Crippen LogP) is -0.692. The molecule has 1 aromatic rings. The molecule has 0 radical (unpaired) electrons. The third-order valence-corrected chi connectivity index (χ3v) is 4.58. The third kappa shape index (κ3) is 5.65. The molecule has 9 heteroatoms. The summed E-state index contributed by atoms with van der Waals surface area (Å²) >= 11 is 0. The van der Waals surface area contributed by atoms with Gasteiger partial charge in [-0.15, -0.1) is 0 Å². The van der Waals surface area contributed by atoms with Crippen molar-refractivity contribution in [2.24, 2.45) is 5.92 Å². The predicted molar refractivity (Wildman–Crippen MR) is 86.3 cm³/mol. The summed E-state index contributed by atoms with van der Waals surface area (Å²) in [6.45, 7) is 9.64. The van der Waals surface area contributed by atoms with Crippen LogP contribution < -0.4 is 29.6 Å². The zero-order valence-electron chi connectivity index (χ0n) is 15.6. The molecule has 1 atom stereocenters. The number of hydrogen-bond donors (Lipinski definition) is 0. The van der Waals surface area contributed by atoms with Crippen molar-refractivity contribution in [3.63, 3.8) is 0 Å². The second-order valence-electron chi connectivity index (χ2n) is 7.33. The maximum atomic E-state index is 12.5. The Labute approximate surface area is 171 Å². The van der Waals surface area contributed by atoms with Gasteiger partial charge < -0.3 is 14.2 Å². The second-order valence-corrected chi connectivity index (χ2v) is 8.66. The van der Waals surface area contributed by atoms with Gasteiger partial charge in [-0.25, -0.2) is 18.2 Å². The molecule has 1 unspecified atom stereocenters. The van der Waals surface area contributed by atoms with Gasteiger partial charge in [0.2, 0.25) is 0 Å². The van der Waals surface area contributed by atoms with Crippen molar-refractivity contribution in [3.05, 3.63) is 23.4 Å². The standard InChI is InChI=1S/C16H24N2O5S.Na/c1-10(2)13-8-12-11(6-7-14(17-12)24(20,21)22)9-18(13)15(19)23-16(3,4)5;/h6-7,10,13H,8-9H2,1-5H3,(H,20,21,22);/q;+1/p-1. The Morgan fingerprint density at radius 3 is 2.44 bits per heavy atom. The Kier molecular flexibility index (Phi) is 7.09. The van der Waals surface area contributed by atoms with Gasteiger partial charge in [-0.1, -0.05) is 19.9 Å². The Balaban J connectivity index is 0.00000312. The van der Waals surface area contributed by atoms with Gasteiger partial charge in [0.25, 0.3) is 0 Å². The van der Waals surface area contributed by atoms with Crippen molar-refractivity contribution in [1.82, 2.24) is 9.88 Å². The summed E-state index contributed by atoms with van der Waals surface area (Å²) in [5, 5.41) is -0.477. The number of nitrogens with zero attached hydrogens (tertiary/aromatic N) is 2. The van der Waals surface area contributed by atoms with Crippen molar-refractivity contribution < 1.29 is 52.1 Å². The number of carbonyl (C=O) groups excluding carboxylic acids is 1. The van der Waals surface area contributed by atoms with Gasteiger partial charge in [0, 0.05) is 18.2 Å². The Hall–Kier alpha value is -0.670. The second kappa shape index (κ2) is 7.92. The van der Waals surface area contributed by atoms with Crippen LogP contribution in [0, 0.1) is 5.92 Å². The number of ether oxygens (including phenoxy) is 1. The summed E-state index contributed by atoms with van der Waals surface area (Å²) in [4.78, 5) is 18.2. The average Bonchev–Trinajstić information content (AvgIpc) is 2.42. The molecule has 1 aliphatic heterocycles. The van der Waals surface area contributed by atoms with Gasteiger partial charge in [-0.2, -0.15) is 0 Å². The van der Waals surface area contributed by atoms with Crippen LogP contribution in [-0.2, 0) is 27.8 Å². The van der Waals surface area contributed by atoms with Gasteiger partial charge >= 0.3 is 35.7 Å². The minimum Gasteiger partial charge on any atom is -0.743 e. The van der Waals surface area contributed by atoms with E-state index in [2.05, 4.69) is 4.98 Å². The molecule has 2 heterocycles. The number of rotatable bonds is 2. The minimum absolute atomic E-state index is 0. The van der Waals surface area contributed by atoms with Crippen LogP contribution in [0.15, 0.2) is 17.2 Å². The number of fused-ring (bicyclic) bond motifs is 1. The van der Waals surface area contributed by atoms with Gasteiger partial charge in [0.15, 0.2) is 0 Å². The number of pyridine rings is 1. The van der Waals surface area contributed by atoms with Crippen LogP contribution in [-0.4, -0.2) is 40.6 Å². The first-order valence-corrected chi connectivity index (χ1v) is 9.23. The molecule has 1 aromatic heterocycles. The summed E-state index contributed by atoms with van der Waals surface area (Å²) in [6, 6.07) is 2.55. The Morgan fingerprint density at radius 2 is 1.96 bits per heavy atom. The molecular formula is C16H23N2NaO5S. The summed E-state index contributed by atoms with van der Waals surface area (Å²) in [6.07, 6.45) is -0.0253. The van der Waals surface area contributed by atoms with E-state index in [1.165, 1.54) is 6.07 Å². The molecule has 1 amide bonds. The maximum absolute atomic E-state index is 12.5. The fraction of sp³-hybridized carbons (Fsp3) is 0.625. The maximum Gasteiger partial charge on any atom is 1.00 e. The molecule has 0 saturated carbocycles. The van der Waals surface area contributed by atoms with Crippen molar-refractivity contribution in [3.8, 4) is 0 Å². The smallest absolute Gasteiger partial charge is 0.743 e. The first kappa shape index (κ1) is 22.4. The van der Waals surface area contributed by atoms with Crippen LogP contribution in [0.25, 0.3) is 0 Å². The van der Waals surface area contributed by atoms with E-state index in [0.717, 1.165) is 5.56 Å². The molecule has 0 saturated heterocycles. The summed E-state index contributed by atoms with van der Waals surface area (Å²) in [7, 11) is -4.59. The minimum atomic E-state index is -4.59. The van der Waals surface area contributed by atoms with Gasteiger partial charge in [0.05, 0.1) is 6.54 Å². The van der Waals surface area contributed by atoms with Crippen molar-refractivity contribution in [2.75, 3.05) is 0 Å². The summed E-state index contributed by atoms with van der Waals surface area (Å²) in [5.74, 6) is 0.125. The monoisotopic (exact) mass is 378 g/mol. The largest absolute Gasteiger partial charge is 1.00 e. The fourth-order valence-corrected chi connectivity index (χ4v) is 3.15. The van der Waals surface area contributed by atoms with Crippen LogP contribution in [0.1, 0.15) is 45.9 Å². The van der Waals surface area contributed by atoms with Crippen LogP contribution in [0.2, 0.25) is 0 Å². The van der Waals surface area contributed by atoms with Crippen LogP contribution in [0.5, 0.6) is 0 Å². The quantitative estimate of drug-likeness (QED) is 0.499. The molecule has 134 valence electrons. The van der Waals surface area contributed by atoms with E-state index in [0.29, 0.717) is 12.1 Å². The van der Waals surface area contributed by atoms with Crippen molar-refractivity contribution >= 4 is 16.2 Å². The normalized spacial score (nSPS) is 17.7. The van der Waals surface area contributed by atoms with E-state index >= 15 is 0 Å². The Morgan fingerprint density at radius 1 is 1.36 bits per heavy atom. The van der Waals surface area contributed by atoms with Gasteiger partial charge in [0.1, 0.15) is 20.7 Å². The molecule has 0 bridgehead atoms.